The topological polar surface area (TPSA) is 73.0 Å². The van der Waals surface area contributed by atoms with Crippen molar-refractivity contribution >= 4 is 34.9 Å². The monoisotopic (exact) mass is 392 g/mol. The number of hydrogen-bond donors (Lipinski definition) is 1. The lowest BCUT2D eigenvalue weighted by molar-refractivity contribution is -0.128. The average molecular weight is 392 g/mol. The molecule has 150 valence electrons. The van der Waals surface area contributed by atoms with E-state index in [-0.39, 0.29) is 19.0 Å². The zero-order valence-electron chi connectivity index (χ0n) is 16.4. The number of nitrogens with one attached hydrogen (secondary N) is 1. The summed E-state index contributed by atoms with van der Waals surface area (Å²) in [6.07, 6.45) is 2.41. The SMILES string of the molecule is Cc1cc(N2CCCC2)ccc1NC(=O)CN1C(=O)CN(c2ccccc2)C1=O. The lowest BCUT2D eigenvalue weighted by Crippen LogP contribution is -2.39. The van der Waals surface area contributed by atoms with Gasteiger partial charge in [-0.25, -0.2) is 4.79 Å². The van der Waals surface area contributed by atoms with Gasteiger partial charge < -0.3 is 10.2 Å². The third-order valence-electron chi connectivity index (χ3n) is 5.38. The number of aryl methyl sites for hydroxylation is 1. The van der Waals surface area contributed by atoms with Crippen LogP contribution in [0.3, 0.4) is 0 Å². The summed E-state index contributed by atoms with van der Waals surface area (Å²) in [6, 6.07) is 14.4. The molecule has 2 fully saturated rings. The number of nitrogens with zero attached hydrogens (tertiary/aromatic N) is 3. The van der Waals surface area contributed by atoms with Gasteiger partial charge in [0.25, 0.3) is 5.91 Å². The summed E-state index contributed by atoms with van der Waals surface area (Å²) in [7, 11) is 0. The maximum Gasteiger partial charge on any atom is 0.332 e. The number of anilines is 3. The van der Waals surface area contributed by atoms with Gasteiger partial charge in [-0.1, -0.05) is 18.2 Å². The highest BCUT2D eigenvalue weighted by atomic mass is 16.2. The lowest BCUT2D eigenvalue weighted by atomic mass is 10.1. The molecule has 1 N–H and O–H groups in total. The fraction of sp³-hybridized carbons (Fsp3) is 0.318. The van der Waals surface area contributed by atoms with Crippen molar-refractivity contribution in [2.24, 2.45) is 0 Å². The molecule has 4 rings (SSSR count). The van der Waals surface area contributed by atoms with Crippen molar-refractivity contribution in [3.05, 3.63) is 54.1 Å². The Hall–Kier alpha value is -3.35. The van der Waals surface area contributed by atoms with Crippen molar-refractivity contribution in [1.29, 1.82) is 0 Å². The minimum Gasteiger partial charge on any atom is -0.372 e. The van der Waals surface area contributed by atoms with Crippen LogP contribution in [0.2, 0.25) is 0 Å². The highest BCUT2D eigenvalue weighted by Gasteiger charge is 2.37. The fourth-order valence-electron chi connectivity index (χ4n) is 3.80. The Labute approximate surface area is 169 Å². The van der Waals surface area contributed by atoms with Crippen LogP contribution < -0.4 is 15.1 Å². The first kappa shape index (κ1) is 19.0. The van der Waals surface area contributed by atoms with E-state index in [2.05, 4.69) is 16.3 Å². The second-order valence-electron chi connectivity index (χ2n) is 7.43. The van der Waals surface area contributed by atoms with E-state index in [4.69, 9.17) is 0 Å². The third-order valence-corrected chi connectivity index (χ3v) is 5.38. The summed E-state index contributed by atoms with van der Waals surface area (Å²) in [4.78, 5) is 42.1. The molecular formula is C22H24N4O3. The number of carbonyl (C=O) groups is 3. The van der Waals surface area contributed by atoms with E-state index in [1.165, 1.54) is 17.7 Å². The molecule has 0 unspecified atom stereocenters. The van der Waals surface area contributed by atoms with Crippen LogP contribution in [0.1, 0.15) is 18.4 Å². The summed E-state index contributed by atoms with van der Waals surface area (Å²) in [5.74, 6) is -0.770. The maximum atomic E-state index is 12.6. The van der Waals surface area contributed by atoms with E-state index in [1.807, 2.05) is 25.1 Å². The van der Waals surface area contributed by atoms with Crippen LogP contribution in [0.4, 0.5) is 21.9 Å². The minimum atomic E-state index is -0.475. The van der Waals surface area contributed by atoms with Crippen LogP contribution in [-0.2, 0) is 9.59 Å². The minimum absolute atomic E-state index is 0.0559. The number of amides is 4. The molecule has 2 aliphatic rings. The Balaban J connectivity index is 1.40. The van der Waals surface area contributed by atoms with Gasteiger partial charge in [0, 0.05) is 30.2 Å². The van der Waals surface area contributed by atoms with Gasteiger partial charge in [0.2, 0.25) is 5.91 Å². The number of urea groups is 1. The van der Waals surface area contributed by atoms with Crippen LogP contribution in [0.15, 0.2) is 48.5 Å². The number of carbonyl (C=O) groups excluding carboxylic acids is 3. The smallest absolute Gasteiger partial charge is 0.332 e. The molecule has 0 atom stereocenters. The molecule has 0 aromatic heterocycles. The van der Waals surface area contributed by atoms with Gasteiger partial charge in [0.05, 0.1) is 0 Å². The molecule has 0 bridgehead atoms. The Morgan fingerprint density at radius 3 is 2.41 bits per heavy atom. The van der Waals surface area contributed by atoms with E-state index < -0.39 is 11.9 Å². The molecule has 7 heteroatoms. The van der Waals surface area contributed by atoms with Crippen molar-refractivity contribution < 1.29 is 14.4 Å². The fourth-order valence-corrected chi connectivity index (χ4v) is 3.80. The molecule has 0 radical (unpaired) electrons. The number of benzene rings is 2. The quantitative estimate of drug-likeness (QED) is 0.794. The summed E-state index contributed by atoms with van der Waals surface area (Å²) >= 11 is 0. The first-order chi connectivity index (χ1) is 14.0. The summed E-state index contributed by atoms with van der Waals surface area (Å²) < 4.78 is 0. The van der Waals surface area contributed by atoms with E-state index in [9.17, 15) is 14.4 Å². The molecule has 0 saturated carbocycles. The molecular weight excluding hydrogens is 368 g/mol. The normalized spacial score (nSPS) is 16.7. The molecule has 7 nitrogen and oxygen atoms in total. The van der Waals surface area contributed by atoms with Gasteiger partial charge in [-0.2, -0.15) is 0 Å². The van der Waals surface area contributed by atoms with Crippen molar-refractivity contribution in [3.63, 3.8) is 0 Å². The van der Waals surface area contributed by atoms with E-state index in [0.29, 0.717) is 11.4 Å². The highest BCUT2D eigenvalue weighted by molar-refractivity contribution is 6.14. The van der Waals surface area contributed by atoms with Gasteiger partial charge >= 0.3 is 6.03 Å². The van der Waals surface area contributed by atoms with Crippen LogP contribution in [0.5, 0.6) is 0 Å². The number of para-hydroxylation sites is 1. The molecule has 2 heterocycles. The van der Waals surface area contributed by atoms with E-state index in [0.717, 1.165) is 29.2 Å². The molecule has 0 spiro atoms. The largest absolute Gasteiger partial charge is 0.372 e. The standard InChI is InChI=1S/C22H24N4O3/c1-16-13-18(24-11-5-6-12-24)9-10-19(16)23-20(27)14-26-21(28)15-25(22(26)29)17-7-3-2-4-8-17/h2-4,7-10,13H,5-6,11-12,14-15H2,1H3,(H,23,27). The first-order valence-corrected chi connectivity index (χ1v) is 9.85. The first-order valence-electron chi connectivity index (χ1n) is 9.85. The zero-order chi connectivity index (χ0) is 20.4. The Morgan fingerprint density at radius 1 is 1.00 bits per heavy atom. The highest BCUT2D eigenvalue weighted by Crippen LogP contribution is 2.26. The molecule has 29 heavy (non-hydrogen) atoms. The summed E-state index contributed by atoms with van der Waals surface area (Å²) in [5, 5.41) is 2.83. The Bertz CT molecular complexity index is 938. The van der Waals surface area contributed by atoms with Crippen molar-refractivity contribution in [1.82, 2.24) is 4.90 Å². The van der Waals surface area contributed by atoms with Gasteiger partial charge in [0.1, 0.15) is 13.1 Å². The summed E-state index contributed by atoms with van der Waals surface area (Å²) in [6.45, 7) is 3.71. The predicted molar refractivity (Wildman–Crippen MR) is 112 cm³/mol. The molecule has 2 aliphatic heterocycles. The van der Waals surface area contributed by atoms with E-state index >= 15 is 0 Å². The van der Waals surface area contributed by atoms with Gasteiger partial charge in [-0.05, 0) is 55.7 Å². The maximum absolute atomic E-state index is 12.6. The zero-order valence-corrected chi connectivity index (χ0v) is 16.4. The molecule has 0 aliphatic carbocycles. The average Bonchev–Trinajstić information content (AvgIpc) is 3.35. The van der Waals surface area contributed by atoms with Gasteiger partial charge in [0.15, 0.2) is 0 Å². The molecule has 4 amide bonds. The van der Waals surface area contributed by atoms with Crippen LogP contribution in [0.25, 0.3) is 0 Å². The van der Waals surface area contributed by atoms with Crippen LogP contribution in [-0.4, -0.2) is 48.9 Å². The van der Waals surface area contributed by atoms with Gasteiger partial charge in [-0.15, -0.1) is 0 Å². The second-order valence-corrected chi connectivity index (χ2v) is 7.43. The number of hydrogen-bond acceptors (Lipinski definition) is 4. The number of rotatable bonds is 5. The molecule has 2 aromatic carbocycles. The second kappa shape index (κ2) is 7.95. The lowest BCUT2D eigenvalue weighted by Gasteiger charge is -2.20. The van der Waals surface area contributed by atoms with Crippen molar-refractivity contribution in [2.75, 3.05) is 41.3 Å². The van der Waals surface area contributed by atoms with Crippen LogP contribution >= 0.6 is 0 Å². The van der Waals surface area contributed by atoms with Crippen molar-refractivity contribution in [3.8, 4) is 0 Å². The Kier molecular flexibility index (Phi) is 5.20. The van der Waals surface area contributed by atoms with Crippen molar-refractivity contribution in [2.45, 2.75) is 19.8 Å². The van der Waals surface area contributed by atoms with E-state index in [1.54, 1.807) is 24.3 Å². The third kappa shape index (κ3) is 3.94. The van der Waals surface area contributed by atoms with Crippen LogP contribution in [0, 0.1) is 6.92 Å². The molecule has 2 saturated heterocycles. The number of imide groups is 1. The van der Waals surface area contributed by atoms with Gasteiger partial charge in [-0.3, -0.25) is 19.4 Å². The molecule has 2 aromatic rings. The summed E-state index contributed by atoms with van der Waals surface area (Å²) in [5.41, 5.74) is 3.44. The Morgan fingerprint density at radius 2 is 1.72 bits per heavy atom. The predicted octanol–water partition coefficient (Wildman–Crippen LogP) is 3.00.